The van der Waals surface area contributed by atoms with Crippen molar-refractivity contribution in [1.82, 2.24) is 4.90 Å². The van der Waals surface area contributed by atoms with Crippen LogP contribution >= 0.6 is 0 Å². The van der Waals surface area contributed by atoms with E-state index < -0.39 is 0 Å². The molecule has 0 saturated heterocycles. The highest BCUT2D eigenvalue weighted by atomic mass is 15.1. The lowest BCUT2D eigenvalue weighted by molar-refractivity contribution is 0.336. The molecule has 1 nitrogen and oxygen atoms in total. The first-order chi connectivity index (χ1) is 7.10. The zero-order chi connectivity index (χ0) is 11.7. The van der Waals surface area contributed by atoms with Crippen LogP contribution in [0.15, 0.2) is 23.3 Å². The predicted octanol–water partition coefficient (Wildman–Crippen LogP) is 4.02. The van der Waals surface area contributed by atoms with Gasteiger partial charge in [0, 0.05) is 6.54 Å². The smallest absolute Gasteiger partial charge is 0.0165 e. The van der Waals surface area contributed by atoms with Gasteiger partial charge in [0.15, 0.2) is 0 Å². The fraction of sp³-hybridized carbons (Fsp3) is 0.714. The Bertz CT molecular complexity index is 205. The van der Waals surface area contributed by atoms with Crippen LogP contribution in [-0.2, 0) is 0 Å². The molecule has 0 heterocycles. The van der Waals surface area contributed by atoms with Gasteiger partial charge < -0.3 is 4.90 Å². The lowest BCUT2D eigenvalue weighted by atomic mass is 10.1. The summed E-state index contributed by atoms with van der Waals surface area (Å²) >= 11 is 0. The average Bonchev–Trinajstić information content (AvgIpc) is 2.18. The molecule has 0 aromatic heterocycles. The monoisotopic (exact) mass is 209 g/mol. The third-order valence-corrected chi connectivity index (χ3v) is 2.68. The molecule has 0 bridgehead atoms. The second kappa shape index (κ2) is 8.72. The molecule has 0 aromatic carbocycles. The number of likely N-dealkylation sites (N-methyl/N-ethyl adjacent to an activating group) is 1. The molecule has 1 heteroatoms. The minimum atomic E-state index is 1.10. The predicted molar refractivity (Wildman–Crippen MR) is 70.2 cm³/mol. The van der Waals surface area contributed by atoms with Crippen LogP contribution in [0.2, 0.25) is 0 Å². The molecule has 0 aliphatic carbocycles. The Balaban J connectivity index is 3.83. The number of hydrogen-bond acceptors (Lipinski definition) is 1. The first kappa shape index (κ1) is 14.4. The van der Waals surface area contributed by atoms with Crippen molar-refractivity contribution < 1.29 is 0 Å². The number of nitrogens with zero attached hydrogens (tertiary/aromatic N) is 1. The van der Waals surface area contributed by atoms with E-state index >= 15 is 0 Å². The first-order valence-corrected chi connectivity index (χ1v) is 6.11. The molecule has 0 unspecified atom stereocenters. The van der Waals surface area contributed by atoms with Crippen LogP contribution < -0.4 is 0 Å². The maximum Gasteiger partial charge on any atom is 0.0165 e. The summed E-state index contributed by atoms with van der Waals surface area (Å²) in [6.07, 6.45) is 7.07. The van der Waals surface area contributed by atoms with Gasteiger partial charge in [-0.25, -0.2) is 0 Å². The molecule has 15 heavy (non-hydrogen) atoms. The van der Waals surface area contributed by atoms with Crippen molar-refractivity contribution in [3.8, 4) is 0 Å². The summed E-state index contributed by atoms with van der Waals surface area (Å²) in [7, 11) is 0. The van der Waals surface area contributed by atoms with E-state index in [-0.39, 0.29) is 0 Å². The normalized spacial score (nSPS) is 12.0. The molecule has 0 amide bonds. The lowest BCUT2D eigenvalue weighted by Gasteiger charge is -2.15. The third kappa shape index (κ3) is 8.44. The maximum absolute atomic E-state index is 2.43. The van der Waals surface area contributed by atoms with Crippen LogP contribution in [0, 0.1) is 0 Å². The second-order valence-corrected chi connectivity index (χ2v) is 4.36. The van der Waals surface area contributed by atoms with Crippen LogP contribution in [0.3, 0.4) is 0 Å². The SMILES string of the molecule is CCN(CC)CC=C(C)CCC=C(C)C. The van der Waals surface area contributed by atoms with Gasteiger partial charge in [0.1, 0.15) is 0 Å². The van der Waals surface area contributed by atoms with E-state index in [1.165, 1.54) is 24.0 Å². The van der Waals surface area contributed by atoms with Gasteiger partial charge in [-0.3, -0.25) is 0 Å². The van der Waals surface area contributed by atoms with Crippen LogP contribution in [0.5, 0.6) is 0 Å². The van der Waals surface area contributed by atoms with E-state index in [4.69, 9.17) is 0 Å². The largest absolute Gasteiger partial charge is 0.300 e. The van der Waals surface area contributed by atoms with Crippen molar-refractivity contribution in [2.75, 3.05) is 19.6 Å². The van der Waals surface area contributed by atoms with Gasteiger partial charge in [-0.2, -0.15) is 0 Å². The van der Waals surface area contributed by atoms with Gasteiger partial charge in [-0.15, -0.1) is 0 Å². The van der Waals surface area contributed by atoms with E-state index in [9.17, 15) is 0 Å². The molecule has 0 saturated carbocycles. The summed E-state index contributed by atoms with van der Waals surface area (Å²) in [4.78, 5) is 2.43. The third-order valence-electron chi connectivity index (χ3n) is 2.68. The molecule has 0 radical (unpaired) electrons. The maximum atomic E-state index is 2.43. The second-order valence-electron chi connectivity index (χ2n) is 4.36. The fourth-order valence-electron chi connectivity index (χ4n) is 1.46. The fourth-order valence-corrected chi connectivity index (χ4v) is 1.46. The van der Waals surface area contributed by atoms with Crippen LogP contribution in [0.25, 0.3) is 0 Å². The van der Waals surface area contributed by atoms with Crippen molar-refractivity contribution in [1.29, 1.82) is 0 Å². The molecular weight excluding hydrogens is 182 g/mol. The lowest BCUT2D eigenvalue weighted by Crippen LogP contribution is -2.22. The Labute approximate surface area is 95.9 Å². The van der Waals surface area contributed by atoms with Crippen LogP contribution in [0.4, 0.5) is 0 Å². The molecule has 0 aliphatic rings. The van der Waals surface area contributed by atoms with Crippen molar-refractivity contribution in [2.45, 2.75) is 47.5 Å². The molecule has 0 N–H and O–H groups in total. The summed E-state index contributed by atoms with van der Waals surface area (Å²) in [6, 6.07) is 0. The Morgan fingerprint density at radius 3 is 2.07 bits per heavy atom. The van der Waals surface area contributed by atoms with Crippen LogP contribution in [0.1, 0.15) is 47.5 Å². The zero-order valence-electron chi connectivity index (χ0n) is 11.1. The van der Waals surface area contributed by atoms with E-state index in [1.807, 2.05) is 0 Å². The minimum Gasteiger partial charge on any atom is -0.300 e. The zero-order valence-corrected chi connectivity index (χ0v) is 11.1. The Kier molecular flexibility index (Phi) is 8.40. The highest BCUT2D eigenvalue weighted by Gasteiger charge is 1.95. The van der Waals surface area contributed by atoms with Gasteiger partial charge in [0.05, 0.1) is 0 Å². The van der Waals surface area contributed by atoms with Gasteiger partial charge >= 0.3 is 0 Å². The summed E-state index contributed by atoms with van der Waals surface area (Å²) in [5.41, 5.74) is 2.94. The van der Waals surface area contributed by atoms with Gasteiger partial charge in [-0.05, 0) is 46.7 Å². The van der Waals surface area contributed by atoms with E-state index in [1.54, 1.807) is 0 Å². The van der Waals surface area contributed by atoms with Gasteiger partial charge in [0.25, 0.3) is 0 Å². The molecule has 88 valence electrons. The van der Waals surface area contributed by atoms with E-state index in [0.29, 0.717) is 0 Å². The van der Waals surface area contributed by atoms with Crippen molar-refractivity contribution in [2.24, 2.45) is 0 Å². The minimum absolute atomic E-state index is 1.10. The molecule has 0 aliphatic heterocycles. The standard InChI is InChI=1S/C14H27N/c1-6-15(7-2)12-11-14(5)10-8-9-13(3)4/h9,11H,6-8,10,12H2,1-5H3. The summed E-state index contributed by atoms with van der Waals surface area (Å²) in [5, 5.41) is 0. The summed E-state index contributed by atoms with van der Waals surface area (Å²) in [5.74, 6) is 0. The molecule has 0 spiro atoms. The topological polar surface area (TPSA) is 3.24 Å². The van der Waals surface area contributed by atoms with E-state index in [2.05, 4.69) is 51.7 Å². The molecule has 0 atom stereocenters. The van der Waals surface area contributed by atoms with Crippen molar-refractivity contribution in [3.05, 3.63) is 23.3 Å². The van der Waals surface area contributed by atoms with Crippen molar-refractivity contribution >= 4 is 0 Å². The number of hydrogen-bond donors (Lipinski definition) is 0. The molecule has 0 fully saturated rings. The van der Waals surface area contributed by atoms with Gasteiger partial charge in [-0.1, -0.05) is 37.1 Å². The molecule has 0 aromatic rings. The van der Waals surface area contributed by atoms with Gasteiger partial charge in [0.2, 0.25) is 0 Å². The highest BCUT2D eigenvalue weighted by molar-refractivity contribution is 5.03. The Morgan fingerprint density at radius 2 is 1.60 bits per heavy atom. The molecule has 0 rings (SSSR count). The average molecular weight is 209 g/mol. The van der Waals surface area contributed by atoms with E-state index in [0.717, 1.165) is 19.6 Å². The first-order valence-electron chi connectivity index (χ1n) is 6.11. The van der Waals surface area contributed by atoms with Crippen LogP contribution in [-0.4, -0.2) is 24.5 Å². The van der Waals surface area contributed by atoms with Crippen molar-refractivity contribution in [3.63, 3.8) is 0 Å². The highest BCUT2D eigenvalue weighted by Crippen LogP contribution is 2.06. The Hall–Kier alpha value is -0.560. The molecular formula is C14H27N. The number of allylic oxidation sites excluding steroid dienone is 3. The Morgan fingerprint density at radius 1 is 1.00 bits per heavy atom. The number of rotatable bonds is 7. The summed E-state index contributed by atoms with van der Waals surface area (Å²) < 4.78 is 0. The summed E-state index contributed by atoms with van der Waals surface area (Å²) in [6.45, 7) is 14.4. The quantitative estimate of drug-likeness (QED) is 0.572.